The minimum atomic E-state index is 0.148. The van der Waals surface area contributed by atoms with Crippen LogP contribution in [0, 0.1) is 0 Å². The van der Waals surface area contributed by atoms with E-state index in [9.17, 15) is 0 Å². The lowest BCUT2D eigenvalue weighted by molar-refractivity contribution is 0.416. The molecule has 2 rings (SSSR count). The minimum absolute atomic E-state index is 0.148. The van der Waals surface area contributed by atoms with Gasteiger partial charge >= 0.3 is 0 Å². The van der Waals surface area contributed by atoms with Gasteiger partial charge in [0.2, 0.25) is 0 Å². The van der Waals surface area contributed by atoms with Gasteiger partial charge in [-0.25, -0.2) is 0 Å². The molecule has 1 N–H and O–H groups in total. The largest absolute Gasteiger partial charge is 0.495 e. The number of benzene rings is 1. The Balaban J connectivity index is 2.20. The molecule has 0 radical (unpaired) electrons. The van der Waals surface area contributed by atoms with Gasteiger partial charge in [-0.15, -0.1) is 11.3 Å². The fraction of sp³-hybridized carbons (Fsp3) is 0.231. The number of hydrogen-bond donors (Lipinski definition) is 1. The first-order valence-corrected chi connectivity index (χ1v) is 7.02. The Labute approximate surface area is 120 Å². The third-order valence-electron chi connectivity index (χ3n) is 2.55. The molecule has 1 atom stereocenters. The number of rotatable bonds is 4. The minimum Gasteiger partial charge on any atom is -0.495 e. The molecule has 0 fully saturated rings. The Morgan fingerprint density at radius 1 is 1.22 bits per heavy atom. The van der Waals surface area contributed by atoms with E-state index in [2.05, 4.69) is 12.2 Å². The van der Waals surface area contributed by atoms with Crippen molar-refractivity contribution in [2.45, 2.75) is 13.0 Å². The van der Waals surface area contributed by atoms with Gasteiger partial charge in [-0.3, -0.25) is 0 Å². The van der Waals surface area contributed by atoms with Crippen LogP contribution in [-0.4, -0.2) is 7.11 Å². The van der Waals surface area contributed by atoms with Crippen molar-refractivity contribution in [3.05, 3.63) is 44.6 Å². The fourth-order valence-corrected chi connectivity index (χ4v) is 2.89. The molecular formula is C13H13Cl2NOS. The summed E-state index contributed by atoms with van der Waals surface area (Å²) in [5.41, 5.74) is 0.877. The lowest BCUT2D eigenvalue weighted by atomic mass is 10.2. The Bertz CT molecular complexity index is 542. The zero-order valence-electron chi connectivity index (χ0n) is 10.0. The fourth-order valence-electron chi connectivity index (χ4n) is 1.66. The number of thiophene rings is 1. The van der Waals surface area contributed by atoms with Crippen molar-refractivity contribution in [3.8, 4) is 5.75 Å². The summed E-state index contributed by atoms with van der Waals surface area (Å²) >= 11 is 13.5. The molecule has 18 heavy (non-hydrogen) atoms. The smallest absolute Gasteiger partial charge is 0.142 e. The number of halogens is 2. The highest BCUT2D eigenvalue weighted by molar-refractivity contribution is 7.16. The standard InChI is InChI=1S/C13H13Cl2NOS/c1-8(12-5-6-13(15)18-12)16-10-7-9(14)3-4-11(10)17-2/h3-8,16H,1-2H3. The molecule has 0 saturated heterocycles. The maximum atomic E-state index is 5.99. The topological polar surface area (TPSA) is 21.3 Å². The second-order valence-corrected chi connectivity index (χ2v) is 6.04. The van der Waals surface area contributed by atoms with Gasteiger partial charge in [-0.2, -0.15) is 0 Å². The van der Waals surface area contributed by atoms with Crippen LogP contribution < -0.4 is 10.1 Å². The number of nitrogens with one attached hydrogen (secondary N) is 1. The first kappa shape index (κ1) is 13.5. The predicted molar refractivity (Wildman–Crippen MR) is 79.4 cm³/mol. The highest BCUT2D eigenvalue weighted by Crippen LogP contribution is 2.33. The average molecular weight is 302 g/mol. The molecule has 0 bridgehead atoms. The number of ether oxygens (including phenoxy) is 1. The van der Waals surface area contributed by atoms with Gasteiger partial charge in [-0.1, -0.05) is 23.2 Å². The highest BCUT2D eigenvalue weighted by atomic mass is 35.5. The lowest BCUT2D eigenvalue weighted by Gasteiger charge is -2.16. The molecule has 0 aliphatic carbocycles. The normalized spacial score (nSPS) is 12.2. The Hall–Kier alpha value is -0.900. The van der Waals surface area contributed by atoms with Crippen LogP contribution >= 0.6 is 34.5 Å². The van der Waals surface area contributed by atoms with E-state index in [0.29, 0.717) is 5.02 Å². The Kier molecular flexibility index (Phi) is 4.38. The summed E-state index contributed by atoms with van der Waals surface area (Å²) in [5, 5.41) is 4.05. The number of methoxy groups -OCH3 is 1. The third kappa shape index (κ3) is 3.10. The summed E-state index contributed by atoms with van der Waals surface area (Å²) in [6, 6.07) is 9.56. The van der Waals surface area contributed by atoms with E-state index in [0.717, 1.165) is 15.8 Å². The van der Waals surface area contributed by atoms with Gasteiger partial charge in [0, 0.05) is 9.90 Å². The molecule has 1 aromatic carbocycles. The molecule has 0 aliphatic rings. The third-order valence-corrected chi connectivity index (χ3v) is 4.20. The zero-order valence-corrected chi connectivity index (χ0v) is 12.4. The molecule has 1 heterocycles. The van der Waals surface area contributed by atoms with Gasteiger partial charge in [-0.05, 0) is 37.3 Å². The predicted octanol–water partition coefficient (Wildman–Crippen LogP) is 5.24. The van der Waals surface area contributed by atoms with Gasteiger partial charge in [0.15, 0.2) is 0 Å². The summed E-state index contributed by atoms with van der Waals surface area (Å²) in [6.45, 7) is 2.07. The van der Waals surface area contributed by atoms with Crippen LogP contribution in [0.1, 0.15) is 17.8 Å². The maximum absolute atomic E-state index is 5.99. The molecule has 2 aromatic rings. The molecule has 96 valence electrons. The molecular weight excluding hydrogens is 289 g/mol. The van der Waals surface area contributed by atoms with Gasteiger partial charge in [0.1, 0.15) is 5.75 Å². The number of anilines is 1. The maximum Gasteiger partial charge on any atom is 0.142 e. The van der Waals surface area contributed by atoms with E-state index in [1.807, 2.05) is 24.3 Å². The molecule has 0 saturated carbocycles. The van der Waals surface area contributed by atoms with Crippen LogP contribution in [0.25, 0.3) is 0 Å². The zero-order chi connectivity index (χ0) is 13.1. The van der Waals surface area contributed by atoms with Gasteiger partial charge in [0.05, 0.1) is 23.2 Å². The Morgan fingerprint density at radius 3 is 2.61 bits per heavy atom. The van der Waals surface area contributed by atoms with Crippen LogP contribution in [0.5, 0.6) is 5.75 Å². The first-order valence-electron chi connectivity index (χ1n) is 5.45. The van der Waals surface area contributed by atoms with E-state index in [1.54, 1.807) is 24.5 Å². The van der Waals surface area contributed by atoms with E-state index in [-0.39, 0.29) is 6.04 Å². The summed E-state index contributed by atoms with van der Waals surface area (Å²) in [7, 11) is 1.64. The molecule has 5 heteroatoms. The quantitative estimate of drug-likeness (QED) is 0.834. The summed E-state index contributed by atoms with van der Waals surface area (Å²) in [6.07, 6.45) is 0. The SMILES string of the molecule is COc1ccc(Cl)cc1NC(C)c1ccc(Cl)s1. The number of hydrogen-bond acceptors (Lipinski definition) is 3. The van der Waals surface area contributed by atoms with E-state index >= 15 is 0 Å². The van der Waals surface area contributed by atoms with Crippen molar-refractivity contribution < 1.29 is 4.74 Å². The highest BCUT2D eigenvalue weighted by Gasteiger charge is 2.11. The van der Waals surface area contributed by atoms with Crippen molar-refractivity contribution >= 4 is 40.2 Å². The van der Waals surface area contributed by atoms with Crippen LogP contribution in [0.3, 0.4) is 0 Å². The second kappa shape index (κ2) is 5.83. The van der Waals surface area contributed by atoms with Crippen molar-refractivity contribution in [1.29, 1.82) is 0 Å². The molecule has 2 nitrogen and oxygen atoms in total. The summed E-state index contributed by atoms with van der Waals surface area (Å²) in [5.74, 6) is 0.772. The van der Waals surface area contributed by atoms with Gasteiger partial charge < -0.3 is 10.1 Å². The van der Waals surface area contributed by atoms with Crippen molar-refractivity contribution in [3.63, 3.8) is 0 Å². The van der Waals surface area contributed by atoms with E-state index in [4.69, 9.17) is 27.9 Å². The van der Waals surface area contributed by atoms with Crippen molar-refractivity contribution in [2.24, 2.45) is 0 Å². The summed E-state index contributed by atoms with van der Waals surface area (Å²) < 4.78 is 6.09. The molecule has 1 aromatic heterocycles. The van der Waals surface area contributed by atoms with Crippen LogP contribution in [0.15, 0.2) is 30.3 Å². The average Bonchev–Trinajstić information content (AvgIpc) is 2.76. The molecule has 0 amide bonds. The monoisotopic (exact) mass is 301 g/mol. The second-order valence-electron chi connectivity index (χ2n) is 3.85. The van der Waals surface area contributed by atoms with E-state index < -0.39 is 0 Å². The van der Waals surface area contributed by atoms with Crippen LogP contribution in [0.2, 0.25) is 9.36 Å². The molecule has 0 spiro atoms. The van der Waals surface area contributed by atoms with E-state index in [1.165, 1.54) is 4.88 Å². The molecule has 0 aliphatic heterocycles. The molecule has 1 unspecified atom stereocenters. The van der Waals surface area contributed by atoms with Crippen LogP contribution in [-0.2, 0) is 0 Å². The summed E-state index contributed by atoms with van der Waals surface area (Å²) in [4.78, 5) is 1.17. The van der Waals surface area contributed by atoms with Crippen molar-refractivity contribution in [2.75, 3.05) is 12.4 Å². The van der Waals surface area contributed by atoms with Gasteiger partial charge in [0.25, 0.3) is 0 Å². The first-order chi connectivity index (χ1) is 8.60. The van der Waals surface area contributed by atoms with Crippen LogP contribution in [0.4, 0.5) is 5.69 Å². The lowest BCUT2D eigenvalue weighted by Crippen LogP contribution is -2.06. The Morgan fingerprint density at radius 2 is 2.00 bits per heavy atom. The van der Waals surface area contributed by atoms with Crippen molar-refractivity contribution in [1.82, 2.24) is 0 Å².